The van der Waals surface area contributed by atoms with Crippen LogP contribution >= 0.6 is 22.9 Å². The molecule has 0 aliphatic carbocycles. The lowest BCUT2D eigenvalue weighted by Crippen LogP contribution is -1.93. The molecule has 18 heavy (non-hydrogen) atoms. The molecule has 0 aliphatic heterocycles. The molecule has 0 aliphatic rings. The molecular formula is C12H13ClN2O2S. The van der Waals surface area contributed by atoms with E-state index in [9.17, 15) is 0 Å². The molecule has 0 saturated heterocycles. The fraction of sp³-hybridized carbons (Fsp3) is 0.250. The molecule has 96 valence electrons. The van der Waals surface area contributed by atoms with Gasteiger partial charge in [-0.2, -0.15) is 0 Å². The van der Waals surface area contributed by atoms with E-state index in [0.717, 1.165) is 16.1 Å². The Morgan fingerprint density at radius 3 is 2.39 bits per heavy atom. The predicted molar refractivity (Wildman–Crippen MR) is 74.8 cm³/mol. The molecule has 0 bridgehead atoms. The number of halogens is 1. The average molecular weight is 285 g/mol. The van der Waals surface area contributed by atoms with E-state index in [0.29, 0.717) is 21.7 Å². The lowest BCUT2D eigenvalue weighted by molar-refractivity contribution is 0.395. The Bertz CT molecular complexity index is 584. The molecule has 2 N–H and O–H groups in total. The van der Waals surface area contributed by atoms with Crippen molar-refractivity contribution in [3.05, 3.63) is 22.0 Å². The van der Waals surface area contributed by atoms with Gasteiger partial charge in [0, 0.05) is 16.5 Å². The summed E-state index contributed by atoms with van der Waals surface area (Å²) in [7, 11) is 3.16. The van der Waals surface area contributed by atoms with Gasteiger partial charge in [-0.05, 0) is 13.0 Å². The lowest BCUT2D eigenvalue weighted by Gasteiger charge is -2.11. The van der Waals surface area contributed by atoms with Crippen molar-refractivity contribution >= 4 is 28.1 Å². The minimum atomic E-state index is 0.513. The highest BCUT2D eigenvalue weighted by Crippen LogP contribution is 2.40. The number of anilines is 1. The highest BCUT2D eigenvalue weighted by atomic mass is 35.5. The van der Waals surface area contributed by atoms with Crippen molar-refractivity contribution in [2.75, 3.05) is 20.0 Å². The minimum Gasteiger partial charge on any atom is -0.496 e. The summed E-state index contributed by atoms with van der Waals surface area (Å²) in [5, 5.41) is 1.04. The van der Waals surface area contributed by atoms with Crippen LogP contribution in [0.4, 0.5) is 5.13 Å². The molecule has 4 nitrogen and oxygen atoms in total. The van der Waals surface area contributed by atoms with E-state index in [4.69, 9.17) is 26.8 Å². The number of benzene rings is 1. The number of hydrogen-bond acceptors (Lipinski definition) is 5. The Morgan fingerprint density at radius 2 is 1.89 bits per heavy atom. The smallest absolute Gasteiger partial charge is 0.180 e. The van der Waals surface area contributed by atoms with Gasteiger partial charge in [0.1, 0.15) is 11.5 Å². The van der Waals surface area contributed by atoms with Crippen molar-refractivity contribution in [2.45, 2.75) is 6.92 Å². The number of nitrogen functional groups attached to an aromatic ring is 1. The molecule has 0 amide bonds. The maximum atomic E-state index is 6.13. The van der Waals surface area contributed by atoms with Crippen LogP contribution < -0.4 is 15.2 Å². The van der Waals surface area contributed by atoms with E-state index >= 15 is 0 Å². The highest BCUT2D eigenvalue weighted by Gasteiger charge is 2.16. The normalized spacial score (nSPS) is 10.4. The summed E-state index contributed by atoms with van der Waals surface area (Å²) >= 11 is 7.57. The topological polar surface area (TPSA) is 57.4 Å². The van der Waals surface area contributed by atoms with Gasteiger partial charge in [0.2, 0.25) is 0 Å². The van der Waals surface area contributed by atoms with Crippen molar-refractivity contribution in [3.63, 3.8) is 0 Å². The van der Waals surface area contributed by atoms with Crippen molar-refractivity contribution in [1.82, 2.24) is 4.98 Å². The van der Waals surface area contributed by atoms with E-state index < -0.39 is 0 Å². The zero-order valence-electron chi connectivity index (χ0n) is 10.3. The fourth-order valence-corrected chi connectivity index (χ4v) is 2.66. The van der Waals surface area contributed by atoms with Crippen molar-refractivity contribution in [2.24, 2.45) is 0 Å². The molecule has 0 unspecified atom stereocenters. The molecule has 0 atom stereocenters. The van der Waals surface area contributed by atoms with Gasteiger partial charge >= 0.3 is 0 Å². The molecule has 1 aromatic carbocycles. The van der Waals surface area contributed by atoms with Gasteiger partial charge in [0.05, 0.1) is 24.9 Å². The number of rotatable bonds is 3. The third kappa shape index (κ3) is 2.23. The molecule has 1 heterocycles. The number of hydrogen-bond donors (Lipinski definition) is 1. The number of nitrogens with zero attached hydrogens (tertiary/aromatic N) is 1. The van der Waals surface area contributed by atoms with Crippen molar-refractivity contribution in [1.29, 1.82) is 0 Å². The van der Waals surface area contributed by atoms with Crippen LogP contribution in [0.15, 0.2) is 12.1 Å². The minimum absolute atomic E-state index is 0.513. The van der Waals surface area contributed by atoms with Gasteiger partial charge in [-0.25, -0.2) is 4.98 Å². The van der Waals surface area contributed by atoms with Crippen LogP contribution in [0.3, 0.4) is 0 Å². The van der Waals surface area contributed by atoms with Gasteiger partial charge in [-0.15, -0.1) is 11.3 Å². The standard InChI is InChI=1S/C12H13ClN2O2S/c1-6-11(15-12(14)18-6)7-4-8(13)10(17-3)5-9(7)16-2/h4-5H,1-3H3,(H2,14,15). The Labute approximate surface area is 114 Å². The maximum Gasteiger partial charge on any atom is 0.180 e. The van der Waals surface area contributed by atoms with Crippen LogP contribution in [0.1, 0.15) is 4.88 Å². The Hall–Kier alpha value is -1.46. The number of ether oxygens (including phenoxy) is 2. The Morgan fingerprint density at radius 1 is 1.22 bits per heavy atom. The van der Waals surface area contributed by atoms with Crippen LogP contribution in [-0.4, -0.2) is 19.2 Å². The number of aryl methyl sites for hydroxylation is 1. The Balaban J connectivity index is 2.63. The van der Waals surface area contributed by atoms with E-state index in [1.807, 2.05) is 6.92 Å². The first kappa shape index (κ1) is 13.0. The molecule has 0 saturated carbocycles. The second kappa shape index (κ2) is 5.04. The third-order valence-electron chi connectivity index (χ3n) is 2.54. The maximum absolute atomic E-state index is 6.13. The average Bonchev–Trinajstić information content (AvgIpc) is 2.68. The van der Waals surface area contributed by atoms with Crippen molar-refractivity contribution < 1.29 is 9.47 Å². The molecule has 2 aromatic rings. The number of thiazole rings is 1. The SMILES string of the molecule is COc1cc(OC)c(-c2nc(N)sc2C)cc1Cl. The molecule has 0 radical (unpaired) electrons. The van der Waals surface area contributed by atoms with Crippen molar-refractivity contribution in [3.8, 4) is 22.8 Å². The van der Waals surface area contributed by atoms with Crippen LogP contribution in [-0.2, 0) is 0 Å². The molecule has 2 rings (SSSR count). The van der Waals surface area contributed by atoms with Crippen LogP contribution in [0.2, 0.25) is 5.02 Å². The lowest BCUT2D eigenvalue weighted by atomic mass is 10.1. The number of aromatic nitrogens is 1. The van der Waals surface area contributed by atoms with Crippen LogP contribution in [0.25, 0.3) is 11.3 Å². The molecular weight excluding hydrogens is 272 g/mol. The van der Waals surface area contributed by atoms with Gasteiger partial charge in [-0.1, -0.05) is 11.6 Å². The molecule has 6 heteroatoms. The highest BCUT2D eigenvalue weighted by molar-refractivity contribution is 7.15. The van der Waals surface area contributed by atoms with E-state index in [1.54, 1.807) is 26.4 Å². The number of methoxy groups -OCH3 is 2. The summed E-state index contributed by atoms with van der Waals surface area (Å²) in [4.78, 5) is 5.32. The van der Waals surface area contributed by atoms with Crippen LogP contribution in [0, 0.1) is 6.92 Å². The van der Waals surface area contributed by atoms with E-state index in [2.05, 4.69) is 4.98 Å². The van der Waals surface area contributed by atoms with Crippen LogP contribution in [0.5, 0.6) is 11.5 Å². The first-order valence-corrected chi connectivity index (χ1v) is 6.41. The largest absolute Gasteiger partial charge is 0.496 e. The number of nitrogens with two attached hydrogens (primary N) is 1. The predicted octanol–water partition coefficient (Wildman–Crippen LogP) is 3.37. The van der Waals surface area contributed by atoms with Gasteiger partial charge in [-0.3, -0.25) is 0 Å². The summed E-state index contributed by atoms with van der Waals surface area (Å²) in [6, 6.07) is 3.52. The summed E-state index contributed by atoms with van der Waals surface area (Å²) in [5.74, 6) is 1.22. The first-order chi connectivity index (χ1) is 8.56. The fourth-order valence-electron chi connectivity index (χ4n) is 1.71. The third-order valence-corrected chi connectivity index (χ3v) is 3.64. The monoisotopic (exact) mass is 284 g/mol. The zero-order valence-corrected chi connectivity index (χ0v) is 11.9. The summed E-state index contributed by atoms with van der Waals surface area (Å²) in [5.41, 5.74) is 7.32. The molecule has 0 spiro atoms. The summed E-state index contributed by atoms with van der Waals surface area (Å²) in [6.45, 7) is 1.96. The quantitative estimate of drug-likeness (QED) is 0.939. The van der Waals surface area contributed by atoms with Gasteiger partial charge in [0.15, 0.2) is 5.13 Å². The van der Waals surface area contributed by atoms with Gasteiger partial charge in [0.25, 0.3) is 0 Å². The first-order valence-electron chi connectivity index (χ1n) is 5.21. The second-order valence-corrected chi connectivity index (χ2v) is 5.29. The zero-order chi connectivity index (χ0) is 13.3. The Kier molecular flexibility index (Phi) is 3.63. The van der Waals surface area contributed by atoms with Gasteiger partial charge < -0.3 is 15.2 Å². The van der Waals surface area contributed by atoms with E-state index in [-0.39, 0.29) is 0 Å². The molecule has 0 fully saturated rings. The second-order valence-electron chi connectivity index (χ2n) is 3.64. The summed E-state index contributed by atoms with van der Waals surface area (Å²) in [6.07, 6.45) is 0. The summed E-state index contributed by atoms with van der Waals surface area (Å²) < 4.78 is 10.5. The van der Waals surface area contributed by atoms with E-state index in [1.165, 1.54) is 11.3 Å². The molecule has 1 aromatic heterocycles.